The molecule has 7 nitrogen and oxygen atoms in total. The Morgan fingerprint density at radius 1 is 1.29 bits per heavy atom. The maximum Gasteiger partial charge on any atom is 0.219 e. The Bertz CT molecular complexity index is 890. The summed E-state index contributed by atoms with van der Waals surface area (Å²) in [6.07, 6.45) is 5.76. The van der Waals surface area contributed by atoms with Crippen LogP contribution in [0.1, 0.15) is 39.3 Å². The van der Waals surface area contributed by atoms with Crippen LogP contribution in [-0.2, 0) is 4.79 Å². The van der Waals surface area contributed by atoms with Gasteiger partial charge >= 0.3 is 0 Å². The minimum atomic E-state index is -0.364. The van der Waals surface area contributed by atoms with Gasteiger partial charge < -0.3 is 14.2 Å². The van der Waals surface area contributed by atoms with Crippen LogP contribution in [0.5, 0.6) is 0 Å². The molecule has 1 N–H and O–H groups in total. The van der Waals surface area contributed by atoms with Crippen molar-refractivity contribution in [3.05, 3.63) is 24.2 Å². The predicted molar refractivity (Wildman–Crippen MR) is 112 cm³/mol. The lowest BCUT2D eigenvalue weighted by atomic mass is 10.2. The molecule has 0 bridgehead atoms. The van der Waals surface area contributed by atoms with Crippen molar-refractivity contribution in [2.24, 2.45) is 0 Å². The van der Waals surface area contributed by atoms with Crippen molar-refractivity contribution >= 4 is 29.2 Å². The summed E-state index contributed by atoms with van der Waals surface area (Å²) in [7, 11) is 0. The van der Waals surface area contributed by atoms with Gasteiger partial charge in [-0.15, -0.1) is 0 Å². The molecule has 0 radical (unpaired) electrons. The van der Waals surface area contributed by atoms with E-state index < -0.39 is 0 Å². The zero-order chi connectivity index (χ0) is 20.3. The largest absolute Gasteiger partial charge is 0.365 e. The van der Waals surface area contributed by atoms with Crippen LogP contribution < -0.4 is 9.62 Å². The molecule has 0 spiro atoms. The number of fused-ring (bicyclic) bond motifs is 1. The van der Waals surface area contributed by atoms with Crippen molar-refractivity contribution < 1.29 is 4.79 Å². The number of imidazole rings is 1. The molecule has 0 aromatic carbocycles. The van der Waals surface area contributed by atoms with Gasteiger partial charge in [0.05, 0.1) is 11.8 Å². The first kappa shape index (κ1) is 20.5. The van der Waals surface area contributed by atoms with Crippen LogP contribution in [0.2, 0.25) is 0 Å². The monoisotopic (exact) mass is 400 g/mol. The lowest BCUT2D eigenvalue weighted by Crippen LogP contribution is -2.48. The van der Waals surface area contributed by atoms with Crippen LogP contribution in [0.3, 0.4) is 0 Å². The number of aryl methyl sites for hydroxylation is 1. The number of nitriles is 1. The zero-order valence-corrected chi connectivity index (χ0v) is 17.8. The standard InChI is InChI=1S/C18H22N6OS.C2H6/c1-13-10-20-17-16(23-7-5-22(6-8-23)14(2)25)9-15(11-24(13)17)26-21-18(12-19)3-4-18;1-2/h9-11,21H,3-8H2,1-2H3;1-2H3. The predicted octanol–water partition coefficient (Wildman–Crippen LogP) is 2.99. The summed E-state index contributed by atoms with van der Waals surface area (Å²) in [4.78, 5) is 21.4. The van der Waals surface area contributed by atoms with Gasteiger partial charge in [-0.25, -0.2) is 9.71 Å². The molecule has 0 unspecified atom stereocenters. The van der Waals surface area contributed by atoms with E-state index in [0.29, 0.717) is 0 Å². The van der Waals surface area contributed by atoms with Gasteiger partial charge in [-0.2, -0.15) is 5.26 Å². The summed E-state index contributed by atoms with van der Waals surface area (Å²) in [5.74, 6) is 0.131. The number of amides is 1. The van der Waals surface area contributed by atoms with Crippen molar-refractivity contribution in [3.8, 4) is 6.07 Å². The number of piperazine rings is 1. The van der Waals surface area contributed by atoms with Crippen molar-refractivity contribution in [2.45, 2.75) is 51.0 Å². The number of carbonyl (C=O) groups is 1. The van der Waals surface area contributed by atoms with E-state index in [1.54, 1.807) is 6.92 Å². The Labute approximate surface area is 170 Å². The highest BCUT2D eigenvalue weighted by Gasteiger charge is 2.43. The van der Waals surface area contributed by atoms with Crippen molar-refractivity contribution in [1.82, 2.24) is 19.0 Å². The molecule has 3 heterocycles. The maximum absolute atomic E-state index is 11.6. The highest BCUT2D eigenvalue weighted by molar-refractivity contribution is 7.97. The Morgan fingerprint density at radius 2 is 1.96 bits per heavy atom. The van der Waals surface area contributed by atoms with Crippen LogP contribution in [0.25, 0.3) is 5.65 Å². The van der Waals surface area contributed by atoms with Gasteiger partial charge in [-0.05, 0) is 37.8 Å². The minimum absolute atomic E-state index is 0.131. The molecule has 1 aliphatic carbocycles. The number of nitrogens with one attached hydrogen (secondary N) is 1. The fourth-order valence-electron chi connectivity index (χ4n) is 3.23. The van der Waals surface area contributed by atoms with Crippen LogP contribution in [0, 0.1) is 18.3 Å². The Morgan fingerprint density at radius 3 is 2.54 bits per heavy atom. The smallest absolute Gasteiger partial charge is 0.219 e. The van der Waals surface area contributed by atoms with E-state index in [1.165, 1.54) is 11.9 Å². The summed E-state index contributed by atoms with van der Waals surface area (Å²) in [6, 6.07) is 4.50. The molecule has 1 aliphatic heterocycles. The normalized spacial score (nSPS) is 17.7. The average molecular weight is 401 g/mol. The lowest BCUT2D eigenvalue weighted by molar-refractivity contribution is -0.129. The van der Waals surface area contributed by atoms with Crippen LogP contribution >= 0.6 is 11.9 Å². The Hall–Kier alpha value is -2.24. The van der Waals surface area contributed by atoms with Gasteiger partial charge in [0, 0.05) is 56.1 Å². The molecule has 4 rings (SSSR count). The van der Waals surface area contributed by atoms with Gasteiger partial charge in [0.1, 0.15) is 5.54 Å². The third kappa shape index (κ3) is 4.10. The van der Waals surface area contributed by atoms with Gasteiger partial charge in [0.25, 0.3) is 0 Å². The van der Waals surface area contributed by atoms with Gasteiger partial charge in [-0.1, -0.05) is 13.8 Å². The first-order valence-corrected chi connectivity index (χ1v) is 10.7. The number of pyridine rings is 1. The van der Waals surface area contributed by atoms with Crippen LogP contribution in [0.4, 0.5) is 5.69 Å². The number of hydrogen-bond donors (Lipinski definition) is 1. The molecule has 1 saturated carbocycles. The quantitative estimate of drug-likeness (QED) is 0.795. The van der Waals surface area contributed by atoms with Gasteiger partial charge in [-0.3, -0.25) is 4.79 Å². The second kappa shape index (κ2) is 8.41. The Kier molecular flexibility index (Phi) is 6.16. The van der Waals surface area contributed by atoms with Gasteiger partial charge in [0.15, 0.2) is 5.65 Å². The highest BCUT2D eigenvalue weighted by atomic mass is 32.2. The number of hydrogen-bond acceptors (Lipinski definition) is 6. The molecule has 8 heteroatoms. The summed E-state index contributed by atoms with van der Waals surface area (Å²) in [5, 5.41) is 9.26. The van der Waals surface area contributed by atoms with Crippen molar-refractivity contribution in [3.63, 3.8) is 0 Å². The fourth-order valence-corrected chi connectivity index (χ4v) is 4.12. The number of aromatic nitrogens is 2. The molecule has 28 heavy (non-hydrogen) atoms. The first-order chi connectivity index (χ1) is 13.5. The zero-order valence-electron chi connectivity index (χ0n) is 17.0. The summed E-state index contributed by atoms with van der Waals surface area (Å²) < 4.78 is 5.41. The third-order valence-corrected chi connectivity index (χ3v) is 6.09. The maximum atomic E-state index is 11.6. The molecule has 1 amide bonds. The second-order valence-electron chi connectivity index (χ2n) is 7.05. The van der Waals surface area contributed by atoms with Crippen molar-refractivity contribution in [1.29, 1.82) is 5.26 Å². The molecule has 150 valence electrons. The molecule has 2 fully saturated rings. The number of nitrogens with zero attached hydrogens (tertiary/aromatic N) is 5. The third-order valence-electron chi connectivity index (χ3n) is 5.14. The molecular formula is C20H28N6OS. The Balaban J connectivity index is 0.00000109. The average Bonchev–Trinajstić information content (AvgIpc) is 3.43. The van der Waals surface area contributed by atoms with Crippen LogP contribution in [-0.4, -0.2) is 51.9 Å². The molecule has 2 aliphatic rings. The molecule has 1 saturated heterocycles. The number of anilines is 1. The molecule has 2 aromatic rings. The number of carbonyl (C=O) groups excluding carboxylic acids is 1. The molecule has 2 aromatic heterocycles. The number of rotatable bonds is 4. The van der Waals surface area contributed by atoms with E-state index in [1.807, 2.05) is 31.9 Å². The van der Waals surface area contributed by atoms with E-state index in [0.717, 1.165) is 60.9 Å². The summed E-state index contributed by atoms with van der Waals surface area (Å²) in [5.41, 5.74) is 2.73. The lowest BCUT2D eigenvalue weighted by Gasteiger charge is -2.35. The van der Waals surface area contributed by atoms with Gasteiger partial charge in [0.2, 0.25) is 5.91 Å². The van der Waals surface area contributed by atoms with E-state index in [9.17, 15) is 10.1 Å². The summed E-state index contributed by atoms with van der Waals surface area (Å²) >= 11 is 1.51. The van der Waals surface area contributed by atoms with E-state index in [-0.39, 0.29) is 11.4 Å². The van der Waals surface area contributed by atoms with E-state index >= 15 is 0 Å². The topological polar surface area (TPSA) is 76.7 Å². The fraction of sp³-hybridized carbons (Fsp3) is 0.550. The van der Waals surface area contributed by atoms with E-state index in [2.05, 4.69) is 37.3 Å². The van der Waals surface area contributed by atoms with E-state index in [4.69, 9.17) is 0 Å². The highest BCUT2D eigenvalue weighted by Crippen LogP contribution is 2.38. The second-order valence-corrected chi connectivity index (χ2v) is 7.93. The first-order valence-electron chi connectivity index (χ1n) is 9.85. The molecular weight excluding hydrogens is 372 g/mol. The SMILES string of the molecule is CC.CC(=O)N1CCN(c2cc(SNC3(C#N)CC3)cn3c(C)cnc23)CC1. The summed E-state index contributed by atoms with van der Waals surface area (Å²) in [6.45, 7) is 10.7. The minimum Gasteiger partial charge on any atom is -0.365 e. The molecule has 0 atom stereocenters. The van der Waals surface area contributed by atoms with Crippen LogP contribution in [0.15, 0.2) is 23.4 Å². The van der Waals surface area contributed by atoms with Crippen molar-refractivity contribution in [2.75, 3.05) is 31.1 Å².